The van der Waals surface area contributed by atoms with Crippen LogP contribution in [0.2, 0.25) is 0 Å². The van der Waals surface area contributed by atoms with Gasteiger partial charge in [0.15, 0.2) is 0 Å². The second-order valence-electron chi connectivity index (χ2n) is 7.22. The molecule has 0 spiro atoms. The molecule has 3 N–H and O–H groups in total. The zero-order chi connectivity index (χ0) is 21.7. The zero-order valence-corrected chi connectivity index (χ0v) is 18.2. The number of pyridine rings is 2. The van der Waals surface area contributed by atoms with E-state index in [1.54, 1.807) is 10.9 Å². The first kappa shape index (κ1) is 21.3. The van der Waals surface area contributed by atoms with Crippen molar-refractivity contribution in [3.8, 4) is 17.1 Å². The van der Waals surface area contributed by atoms with Gasteiger partial charge in [0.25, 0.3) is 0 Å². The second-order valence-corrected chi connectivity index (χ2v) is 7.22. The Morgan fingerprint density at radius 1 is 1.30 bits per heavy atom. The van der Waals surface area contributed by atoms with Crippen molar-refractivity contribution in [3.05, 3.63) is 47.9 Å². The van der Waals surface area contributed by atoms with Crippen LogP contribution in [0, 0.1) is 11.3 Å². The fraction of sp³-hybridized carbons (Fsp3) is 0.364. The van der Waals surface area contributed by atoms with Gasteiger partial charge in [0.1, 0.15) is 5.82 Å². The fourth-order valence-electron chi connectivity index (χ4n) is 3.15. The lowest BCUT2D eigenvalue weighted by molar-refractivity contribution is 0.328. The third-order valence-electron chi connectivity index (χ3n) is 4.66. The van der Waals surface area contributed by atoms with E-state index in [1.165, 1.54) is 0 Å². The average Bonchev–Trinajstić information content (AvgIpc) is 3.16. The zero-order valence-electron chi connectivity index (χ0n) is 18.2. The summed E-state index contributed by atoms with van der Waals surface area (Å²) >= 11 is 0. The third kappa shape index (κ3) is 4.59. The number of nitrogens with one attached hydrogen (secondary N) is 3. The van der Waals surface area contributed by atoms with Crippen LogP contribution in [0.4, 0.5) is 11.5 Å². The van der Waals surface area contributed by atoms with Crippen LogP contribution in [0.1, 0.15) is 32.0 Å². The van der Waals surface area contributed by atoms with Gasteiger partial charge in [-0.1, -0.05) is 13.8 Å². The summed E-state index contributed by atoms with van der Waals surface area (Å²) in [4.78, 5) is 9.15. The summed E-state index contributed by atoms with van der Waals surface area (Å²) in [6.45, 7) is 7.00. The molecule has 0 unspecified atom stereocenters. The molecule has 8 heteroatoms. The summed E-state index contributed by atoms with van der Waals surface area (Å²) in [5.74, 6) is 1.23. The molecule has 0 saturated carbocycles. The van der Waals surface area contributed by atoms with Crippen molar-refractivity contribution in [1.29, 1.82) is 5.41 Å². The van der Waals surface area contributed by atoms with Gasteiger partial charge in [-0.15, -0.1) is 0 Å². The summed E-state index contributed by atoms with van der Waals surface area (Å²) in [6, 6.07) is 7.73. The molecule has 3 heterocycles. The van der Waals surface area contributed by atoms with Gasteiger partial charge in [-0.25, -0.2) is 9.97 Å². The van der Waals surface area contributed by atoms with E-state index in [4.69, 9.17) is 15.1 Å². The SMILES string of the molecule is CCOc1ncccc1-c1cc(NCc2ccn(C)n2)c(C(=N)C(C)C)c(NC)n1. The van der Waals surface area contributed by atoms with Crippen LogP contribution in [0.15, 0.2) is 36.7 Å². The second kappa shape index (κ2) is 9.39. The van der Waals surface area contributed by atoms with Gasteiger partial charge in [-0.2, -0.15) is 5.10 Å². The Bertz CT molecular complexity index is 1030. The highest BCUT2D eigenvalue weighted by molar-refractivity contribution is 6.08. The summed E-state index contributed by atoms with van der Waals surface area (Å²) in [7, 11) is 3.71. The van der Waals surface area contributed by atoms with Crippen molar-refractivity contribution >= 4 is 17.2 Å². The molecule has 0 aromatic carbocycles. The van der Waals surface area contributed by atoms with Gasteiger partial charge < -0.3 is 20.8 Å². The van der Waals surface area contributed by atoms with Crippen molar-refractivity contribution in [2.24, 2.45) is 13.0 Å². The predicted molar refractivity (Wildman–Crippen MR) is 120 cm³/mol. The lowest BCUT2D eigenvalue weighted by atomic mass is 9.97. The molecular formula is C22H29N7O. The largest absolute Gasteiger partial charge is 0.477 e. The van der Waals surface area contributed by atoms with Crippen molar-refractivity contribution in [3.63, 3.8) is 0 Å². The summed E-state index contributed by atoms with van der Waals surface area (Å²) < 4.78 is 7.48. The molecule has 0 aliphatic carbocycles. The van der Waals surface area contributed by atoms with E-state index >= 15 is 0 Å². The number of aromatic nitrogens is 4. The lowest BCUT2D eigenvalue weighted by Gasteiger charge is -2.20. The molecule has 0 saturated heterocycles. The van der Waals surface area contributed by atoms with Crippen LogP contribution < -0.4 is 15.4 Å². The third-order valence-corrected chi connectivity index (χ3v) is 4.66. The Morgan fingerprint density at radius 2 is 2.10 bits per heavy atom. The minimum Gasteiger partial charge on any atom is -0.477 e. The quantitative estimate of drug-likeness (QED) is 0.464. The van der Waals surface area contributed by atoms with Crippen molar-refractivity contribution in [2.75, 3.05) is 24.3 Å². The average molecular weight is 408 g/mol. The fourth-order valence-corrected chi connectivity index (χ4v) is 3.15. The van der Waals surface area contributed by atoms with Gasteiger partial charge >= 0.3 is 0 Å². The predicted octanol–water partition coefficient (Wildman–Crippen LogP) is 3.95. The van der Waals surface area contributed by atoms with E-state index in [-0.39, 0.29) is 5.92 Å². The molecule has 0 bridgehead atoms. The maximum absolute atomic E-state index is 8.66. The topological polar surface area (TPSA) is 101 Å². The van der Waals surface area contributed by atoms with Crippen LogP contribution in [-0.2, 0) is 13.6 Å². The Hall–Kier alpha value is -3.42. The van der Waals surface area contributed by atoms with Crippen LogP contribution in [0.25, 0.3) is 11.3 Å². The maximum Gasteiger partial charge on any atom is 0.222 e. The molecule has 3 rings (SSSR count). The Balaban J connectivity index is 2.10. The number of nitrogens with zero attached hydrogens (tertiary/aromatic N) is 4. The Morgan fingerprint density at radius 3 is 2.73 bits per heavy atom. The lowest BCUT2D eigenvalue weighted by Crippen LogP contribution is -2.16. The summed E-state index contributed by atoms with van der Waals surface area (Å²) in [5, 5.41) is 19.7. The number of rotatable bonds is 9. The van der Waals surface area contributed by atoms with E-state index in [0.717, 1.165) is 28.2 Å². The molecule has 0 atom stereocenters. The van der Waals surface area contributed by atoms with Crippen molar-refractivity contribution < 1.29 is 4.74 Å². The highest BCUT2D eigenvalue weighted by Gasteiger charge is 2.20. The van der Waals surface area contributed by atoms with Crippen LogP contribution in [0.5, 0.6) is 5.88 Å². The molecule has 8 nitrogen and oxygen atoms in total. The smallest absolute Gasteiger partial charge is 0.222 e. The summed E-state index contributed by atoms with van der Waals surface area (Å²) in [5.41, 5.74) is 4.53. The van der Waals surface area contributed by atoms with E-state index in [0.29, 0.717) is 30.6 Å². The number of aryl methyl sites for hydroxylation is 1. The molecule has 158 valence electrons. The van der Waals surface area contributed by atoms with Crippen LogP contribution in [-0.4, -0.2) is 39.1 Å². The molecule has 30 heavy (non-hydrogen) atoms. The molecule has 0 amide bonds. The van der Waals surface area contributed by atoms with E-state index in [1.807, 2.05) is 65.3 Å². The minimum absolute atomic E-state index is 0.0533. The molecule has 0 fully saturated rings. The van der Waals surface area contributed by atoms with E-state index in [2.05, 4.69) is 20.7 Å². The van der Waals surface area contributed by atoms with E-state index in [9.17, 15) is 0 Å². The first-order chi connectivity index (χ1) is 14.4. The number of ether oxygens (including phenoxy) is 1. The first-order valence-corrected chi connectivity index (χ1v) is 10.1. The normalized spacial score (nSPS) is 10.9. The highest BCUT2D eigenvalue weighted by Crippen LogP contribution is 2.34. The monoisotopic (exact) mass is 407 g/mol. The van der Waals surface area contributed by atoms with E-state index < -0.39 is 0 Å². The maximum atomic E-state index is 8.66. The summed E-state index contributed by atoms with van der Waals surface area (Å²) in [6.07, 6.45) is 3.62. The highest BCUT2D eigenvalue weighted by atomic mass is 16.5. The molecule has 0 radical (unpaired) electrons. The molecule has 3 aromatic rings. The Kier molecular flexibility index (Phi) is 6.66. The van der Waals surface area contributed by atoms with Gasteiger partial charge in [0.05, 0.1) is 35.7 Å². The number of hydrogen-bond donors (Lipinski definition) is 3. The van der Waals surface area contributed by atoms with Crippen LogP contribution in [0.3, 0.4) is 0 Å². The number of hydrogen-bond acceptors (Lipinski definition) is 7. The molecule has 3 aromatic heterocycles. The standard InChI is InChI=1S/C22H29N7O/c1-6-30-22-16(8-7-10-25-22)17-12-18(26-13-15-9-11-29(5)28-15)19(20(23)14(2)3)21(24-4)27-17/h7-12,14,23H,6,13H2,1-5H3,(H2,24,26,27). The minimum atomic E-state index is 0.0533. The first-order valence-electron chi connectivity index (χ1n) is 10.1. The Labute approximate surface area is 177 Å². The van der Waals surface area contributed by atoms with Gasteiger partial charge in [-0.3, -0.25) is 4.68 Å². The van der Waals surface area contributed by atoms with Crippen LogP contribution >= 0.6 is 0 Å². The number of anilines is 2. The molecule has 0 aliphatic heterocycles. The van der Waals surface area contributed by atoms with Crippen molar-refractivity contribution in [2.45, 2.75) is 27.3 Å². The molecular weight excluding hydrogens is 378 g/mol. The van der Waals surface area contributed by atoms with Gasteiger partial charge in [-0.05, 0) is 37.1 Å². The van der Waals surface area contributed by atoms with Crippen molar-refractivity contribution in [1.82, 2.24) is 19.7 Å². The van der Waals surface area contributed by atoms with Gasteiger partial charge in [0, 0.05) is 37.9 Å². The van der Waals surface area contributed by atoms with Gasteiger partial charge in [0.2, 0.25) is 5.88 Å². The molecule has 0 aliphatic rings.